The van der Waals surface area contributed by atoms with Crippen LogP contribution in [0.5, 0.6) is 0 Å². The predicted octanol–water partition coefficient (Wildman–Crippen LogP) is 5.94. The molecule has 1 aliphatic rings. The molecule has 2 aromatic heterocycles. The third-order valence-corrected chi connectivity index (χ3v) is 7.09. The van der Waals surface area contributed by atoms with Crippen molar-refractivity contribution >= 4 is 44.9 Å². The summed E-state index contributed by atoms with van der Waals surface area (Å²) in [7, 11) is 0. The topological polar surface area (TPSA) is 62.2 Å². The van der Waals surface area contributed by atoms with Gasteiger partial charge < -0.3 is 20.1 Å². The van der Waals surface area contributed by atoms with Crippen molar-refractivity contribution in [1.82, 2.24) is 19.8 Å². The molecule has 1 aliphatic heterocycles. The summed E-state index contributed by atoms with van der Waals surface area (Å²) in [4.78, 5) is 19.6. The van der Waals surface area contributed by atoms with Gasteiger partial charge >= 0.3 is 0 Å². The maximum Gasteiger partial charge on any atom is 0.226 e. The fraction of sp³-hybridized carbons (Fsp3) is 0.179. The van der Waals surface area contributed by atoms with Crippen LogP contribution in [0.15, 0.2) is 95.7 Å². The summed E-state index contributed by atoms with van der Waals surface area (Å²) in [5.74, 6) is -0.0502. The lowest BCUT2D eigenvalue weighted by molar-refractivity contribution is -0.116. The normalized spacial score (nSPS) is 17.2. The fourth-order valence-corrected chi connectivity index (χ4v) is 5.35. The average molecular weight is 561 g/mol. The number of halogens is 1. The van der Waals surface area contributed by atoms with Gasteiger partial charge in [-0.25, -0.2) is 0 Å². The number of anilines is 1. The Balaban J connectivity index is 1.44. The molecule has 0 radical (unpaired) electrons. The van der Waals surface area contributed by atoms with Gasteiger partial charge in [0, 0.05) is 46.9 Å². The molecular formula is C28H26BrN5OS. The Morgan fingerprint density at radius 3 is 2.72 bits per heavy atom. The van der Waals surface area contributed by atoms with E-state index in [1.165, 1.54) is 0 Å². The highest BCUT2D eigenvalue weighted by Crippen LogP contribution is 2.39. The van der Waals surface area contributed by atoms with Crippen molar-refractivity contribution in [2.75, 3.05) is 11.9 Å². The first-order chi connectivity index (χ1) is 17.5. The lowest BCUT2D eigenvalue weighted by Gasteiger charge is -2.29. The molecule has 182 valence electrons. The Morgan fingerprint density at radius 1 is 1.08 bits per heavy atom. The SMILES string of the molecule is Cc1cccc(NC(=O)CCN2C(=S)N[C@H](c3ccccn3)[C@H]2c2cccn2-c2cccc(Br)c2)c1. The summed E-state index contributed by atoms with van der Waals surface area (Å²) < 4.78 is 3.17. The number of hydrogen-bond acceptors (Lipinski definition) is 3. The van der Waals surface area contributed by atoms with Crippen LogP contribution < -0.4 is 10.6 Å². The van der Waals surface area contributed by atoms with Gasteiger partial charge in [-0.1, -0.05) is 40.2 Å². The Labute approximate surface area is 224 Å². The highest BCUT2D eigenvalue weighted by atomic mass is 79.9. The minimum atomic E-state index is -0.153. The maximum absolute atomic E-state index is 12.8. The van der Waals surface area contributed by atoms with Gasteiger partial charge in [-0.2, -0.15) is 0 Å². The van der Waals surface area contributed by atoms with Crippen molar-refractivity contribution in [3.8, 4) is 5.69 Å². The van der Waals surface area contributed by atoms with Crippen LogP contribution >= 0.6 is 28.1 Å². The molecule has 4 aromatic rings. The number of nitrogens with one attached hydrogen (secondary N) is 2. The highest BCUT2D eigenvalue weighted by molar-refractivity contribution is 9.10. The number of carbonyl (C=O) groups excluding carboxylic acids is 1. The van der Waals surface area contributed by atoms with E-state index < -0.39 is 0 Å². The molecule has 1 amide bonds. The minimum Gasteiger partial charge on any atom is -0.352 e. The van der Waals surface area contributed by atoms with Gasteiger partial charge in [-0.05, 0) is 79.3 Å². The van der Waals surface area contributed by atoms with E-state index in [9.17, 15) is 4.79 Å². The molecule has 0 spiro atoms. The van der Waals surface area contributed by atoms with Crippen molar-refractivity contribution in [2.24, 2.45) is 0 Å². The zero-order valence-electron chi connectivity index (χ0n) is 19.8. The zero-order valence-corrected chi connectivity index (χ0v) is 22.2. The van der Waals surface area contributed by atoms with Gasteiger partial charge in [-0.15, -0.1) is 0 Å². The molecule has 2 aromatic carbocycles. The highest BCUT2D eigenvalue weighted by Gasteiger charge is 2.41. The van der Waals surface area contributed by atoms with E-state index >= 15 is 0 Å². The second-order valence-corrected chi connectivity index (χ2v) is 10.1. The van der Waals surface area contributed by atoms with E-state index in [2.05, 4.69) is 65.4 Å². The molecule has 0 saturated carbocycles. The number of carbonyl (C=O) groups is 1. The third kappa shape index (κ3) is 5.20. The quantitative estimate of drug-likeness (QED) is 0.274. The Kier molecular flexibility index (Phi) is 7.16. The number of aromatic nitrogens is 2. The van der Waals surface area contributed by atoms with Gasteiger partial charge in [0.05, 0.1) is 17.8 Å². The van der Waals surface area contributed by atoms with Gasteiger partial charge in [0.25, 0.3) is 0 Å². The van der Waals surface area contributed by atoms with Crippen molar-refractivity contribution in [3.63, 3.8) is 0 Å². The minimum absolute atomic E-state index is 0.0502. The van der Waals surface area contributed by atoms with E-state index in [1.807, 2.05) is 67.6 Å². The predicted molar refractivity (Wildman–Crippen MR) is 150 cm³/mol. The van der Waals surface area contributed by atoms with Crippen LogP contribution in [-0.2, 0) is 4.79 Å². The third-order valence-electron chi connectivity index (χ3n) is 6.25. The second kappa shape index (κ2) is 10.6. The maximum atomic E-state index is 12.8. The molecule has 36 heavy (non-hydrogen) atoms. The molecule has 0 unspecified atom stereocenters. The number of benzene rings is 2. The van der Waals surface area contributed by atoms with E-state index in [-0.39, 0.29) is 18.0 Å². The van der Waals surface area contributed by atoms with E-state index in [0.29, 0.717) is 18.1 Å². The number of nitrogens with zero attached hydrogens (tertiary/aromatic N) is 3. The lowest BCUT2D eigenvalue weighted by atomic mass is 10.0. The van der Waals surface area contributed by atoms with Crippen LogP contribution in [0.2, 0.25) is 0 Å². The molecule has 8 heteroatoms. The molecule has 6 nitrogen and oxygen atoms in total. The van der Waals surface area contributed by atoms with Crippen LogP contribution in [0.4, 0.5) is 5.69 Å². The first-order valence-corrected chi connectivity index (χ1v) is 13.0. The van der Waals surface area contributed by atoms with Gasteiger partial charge in [-0.3, -0.25) is 9.78 Å². The summed E-state index contributed by atoms with van der Waals surface area (Å²) in [6, 6.07) is 25.7. The molecule has 2 N–H and O–H groups in total. The van der Waals surface area contributed by atoms with Crippen LogP contribution in [0.3, 0.4) is 0 Å². The number of rotatable bonds is 7. The number of pyridine rings is 1. The van der Waals surface area contributed by atoms with Crippen molar-refractivity contribution < 1.29 is 4.79 Å². The van der Waals surface area contributed by atoms with Gasteiger partial charge in [0.1, 0.15) is 0 Å². The number of aryl methyl sites for hydroxylation is 1. The Hall–Kier alpha value is -3.49. The van der Waals surface area contributed by atoms with Crippen molar-refractivity contribution in [2.45, 2.75) is 25.4 Å². The number of hydrogen-bond donors (Lipinski definition) is 2. The lowest BCUT2D eigenvalue weighted by Crippen LogP contribution is -2.33. The van der Waals surface area contributed by atoms with Gasteiger partial charge in [0.2, 0.25) is 5.91 Å². The Bertz CT molecular complexity index is 1390. The molecule has 1 fully saturated rings. The molecule has 0 bridgehead atoms. The standard InChI is InChI=1S/C28H26BrN5OS/c1-19-7-4-9-21(17-19)31-25(35)13-16-34-27(26(32-28(34)36)23-11-2-3-14-30-23)24-12-6-15-33(24)22-10-5-8-20(29)18-22/h2-12,14-15,17-18,26-27H,13,16H2,1H3,(H,31,35)(H,32,36)/t26-,27-/m1/s1. The average Bonchev–Trinajstić information content (AvgIpc) is 3.47. The molecule has 0 aliphatic carbocycles. The number of thiocarbonyl (C=S) groups is 1. The van der Waals surface area contributed by atoms with E-state index in [0.717, 1.165) is 32.8 Å². The molecule has 3 heterocycles. The zero-order chi connectivity index (χ0) is 25.1. The Morgan fingerprint density at radius 2 is 1.94 bits per heavy atom. The van der Waals surface area contributed by atoms with Crippen molar-refractivity contribution in [1.29, 1.82) is 0 Å². The largest absolute Gasteiger partial charge is 0.352 e. The van der Waals surface area contributed by atoms with Crippen LogP contribution in [-0.4, -0.2) is 32.0 Å². The van der Waals surface area contributed by atoms with Crippen LogP contribution in [0.1, 0.15) is 35.5 Å². The molecular weight excluding hydrogens is 534 g/mol. The molecule has 5 rings (SSSR count). The van der Waals surface area contributed by atoms with Crippen LogP contribution in [0, 0.1) is 6.92 Å². The smallest absolute Gasteiger partial charge is 0.226 e. The first-order valence-electron chi connectivity index (χ1n) is 11.8. The van der Waals surface area contributed by atoms with E-state index in [4.69, 9.17) is 12.2 Å². The summed E-state index contributed by atoms with van der Waals surface area (Å²) in [6.07, 6.45) is 4.15. The second-order valence-electron chi connectivity index (χ2n) is 8.77. The number of amides is 1. The molecule has 2 atom stereocenters. The summed E-state index contributed by atoms with van der Waals surface area (Å²) in [6.45, 7) is 2.48. The van der Waals surface area contributed by atoms with Gasteiger partial charge in [0.15, 0.2) is 5.11 Å². The van der Waals surface area contributed by atoms with Crippen molar-refractivity contribution in [3.05, 3.63) is 113 Å². The summed E-state index contributed by atoms with van der Waals surface area (Å²) >= 11 is 9.37. The summed E-state index contributed by atoms with van der Waals surface area (Å²) in [5.41, 5.74) is 4.91. The fourth-order valence-electron chi connectivity index (χ4n) is 4.63. The van der Waals surface area contributed by atoms with E-state index in [1.54, 1.807) is 6.20 Å². The van der Waals surface area contributed by atoms with Crippen LogP contribution in [0.25, 0.3) is 5.69 Å². The molecule has 1 saturated heterocycles. The monoisotopic (exact) mass is 559 g/mol. The first kappa shape index (κ1) is 24.2. The summed E-state index contributed by atoms with van der Waals surface area (Å²) in [5, 5.41) is 7.09.